The minimum Gasteiger partial charge on any atom is -0.481 e. The van der Waals surface area contributed by atoms with Crippen LogP contribution >= 0.6 is 23.4 Å². The van der Waals surface area contributed by atoms with Crippen LogP contribution in [-0.2, 0) is 4.79 Å². The van der Waals surface area contributed by atoms with Crippen LogP contribution in [0.25, 0.3) is 5.69 Å². The standard InChI is InChI=1S/C10H8ClFN4O2S/c11-5-1-6(12)3-7(2-5)16-9(13)14-15-10(16)19-4-8(17)18/h1-3H,4H2,(H2,13,14)(H,17,18). The van der Waals surface area contributed by atoms with E-state index >= 15 is 0 Å². The Kier molecular flexibility index (Phi) is 3.91. The van der Waals surface area contributed by atoms with E-state index in [1.807, 2.05) is 0 Å². The van der Waals surface area contributed by atoms with Gasteiger partial charge in [-0.2, -0.15) is 0 Å². The van der Waals surface area contributed by atoms with Crippen molar-refractivity contribution in [3.05, 3.63) is 29.0 Å². The van der Waals surface area contributed by atoms with Gasteiger partial charge in [0.2, 0.25) is 5.95 Å². The molecule has 2 aromatic rings. The highest BCUT2D eigenvalue weighted by molar-refractivity contribution is 7.99. The second-order valence-electron chi connectivity index (χ2n) is 3.49. The number of carbonyl (C=O) groups is 1. The van der Waals surface area contributed by atoms with Crippen LogP contribution in [0.1, 0.15) is 0 Å². The lowest BCUT2D eigenvalue weighted by atomic mass is 10.3. The first-order valence-electron chi connectivity index (χ1n) is 4.99. The van der Waals surface area contributed by atoms with Crippen molar-refractivity contribution in [1.29, 1.82) is 0 Å². The van der Waals surface area contributed by atoms with Crippen LogP contribution in [0.15, 0.2) is 23.4 Å². The molecule has 19 heavy (non-hydrogen) atoms. The van der Waals surface area contributed by atoms with Gasteiger partial charge in [0.25, 0.3) is 0 Å². The highest BCUT2D eigenvalue weighted by Gasteiger charge is 2.14. The van der Waals surface area contributed by atoms with Crippen LogP contribution in [0.5, 0.6) is 0 Å². The lowest BCUT2D eigenvalue weighted by molar-refractivity contribution is -0.133. The molecule has 0 aliphatic rings. The van der Waals surface area contributed by atoms with Crippen LogP contribution in [-0.4, -0.2) is 31.6 Å². The molecule has 1 aromatic heterocycles. The van der Waals surface area contributed by atoms with Crippen molar-refractivity contribution in [3.8, 4) is 5.69 Å². The molecule has 2 rings (SSSR count). The highest BCUT2D eigenvalue weighted by Crippen LogP contribution is 2.25. The summed E-state index contributed by atoms with van der Waals surface area (Å²) in [4.78, 5) is 10.5. The Bertz CT molecular complexity index is 614. The molecule has 6 nitrogen and oxygen atoms in total. The Morgan fingerprint density at radius 2 is 2.21 bits per heavy atom. The van der Waals surface area contributed by atoms with E-state index < -0.39 is 11.8 Å². The van der Waals surface area contributed by atoms with Gasteiger partial charge in [0.05, 0.1) is 11.4 Å². The van der Waals surface area contributed by atoms with Crippen molar-refractivity contribution in [2.24, 2.45) is 0 Å². The van der Waals surface area contributed by atoms with Gasteiger partial charge >= 0.3 is 5.97 Å². The van der Waals surface area contributed by atoms with Gasteiger partial charge in [-0.3, -0.25) is 9.36 Å². The third kappa shape index (κ3) is 3.15. The number of aliphatic carboxylic acids is 1. The van der Waals surface area contributed by atoms with Crippen LogP contribution in [0.3, 0.4) is 0 Å². The van der Waals surface area contributed by atoms with E-state index in [0.29, 0.717) is 5.69 Å². The lowest BCUT2D eigenvalue weighted by Crippen LogP contribution is -2.05. The summed E-state index contributed by atoms with van der Waals surface area (Å²) in [5.74, 6) is -1.73. The molecule has 0 fully saturated rings. The smallest absolute Gasteiger partial charge is 0.313 e. The zero-order valence-corrected chi connectivity index (χ0v) is 11.0. The molecular formula is C10H8ClFN4O2S. The summed E-state index contributed by atoms with van der Waals surface area (Å²) in [6.07, 6.45) is 0. The van der Waals surface area contributed by atoms with Gasteiger partial charge in [-0.1, -0.05) is 23.4 Å². The number of nitrogen functional groups attached to an aromatic ring is 1. The number of thioether (sulfide) groups is 1. The van der Waals surface area contributed by atoms with Crippen molar-refractivity contribution >= 4 is 35.3 Å². The van der Waals surface area contributed by atoms with E-state index in [9.17, 15) is 9.18 Å². The molecule has 3 N–H and O–H groups in total. The molecule has 1 aromatic carbocycles. The molecule has 0 aliphatic heterocycles. The Morgan fingerprint density at radius 1 is 1.47 bits per heavy atom. The Hall–Kier alpha value is -1.80. The second kappa shape index (κ2) is 5.45. The number of benzene rings is 1. The number of aromatic nitrogens is 3. The summed E-state index contributed by atoms with van der Waals surface area (Å²) < 4.78 is 14.7. The van der Waals surface area contributed by atoms with Crippen molar-refractivity contribution in [3.63, 3.8) is 0 Å². The summed E-state index contributed by atoms with van der Waals surface area (Å²) in [6, 6.07) is 3.83. The van der Waals surface area contributed by atoms with E-state index in [4.69, 9.17) is 22.4 Å². The molecule has 0 bridgehead atoms. The van der Waals surface area contributed by atoms with Gasteiger partial charge in [0.15, 0.2) is 5.16 Å². The number of anilines is 1. The quantitative estimate of drug-likeness (QED) is 0.837. The topological polar surface area (TPSA) is 94.0 Å². The third-order valence-corrected chi connectivity index (χ3v) is 3.22. The first kappa shape index (κ1) is 13.6. The highest BCUT2D eigenvalue weighted by atomic mass is 35.5. The maximum absolute atomic E-state index is 13.3. The van der Waals surface area contributed by atoms with Crippen LogP contribution < -0.4 is 5.73 Å². The average Bonchev–Trinajstić information content (AvgIpc) is 2.66. The molecule has 0 radical (unpaired) electrons. The van der Waals surface area contributed by atoms with Crippen LogP contribution in [0.4, 0.5) is 10.3 Å². The van der Waals surface area contributed by atoms with Gasteiger partial charge < -0.3 is 10.8 Å². The second-order valence-corrected chi connectivity index (χ2v) is 4.87. The minimum atomic E-state index is -1.00. The van der Waals surface area contributed by atoms with Gasteiger partial charge in [-0.25, -0.2) is 4.39 Å². The monoisotopic (exact) mass is 302 g/mol. The molecule has 0 aliphatic carbocycles. The zero-order valence-electron chi connectivity index (χ0n) is 9.38. The number of carboxylic acids is 1. The van der Waals surface area contributed by atoms with Gasteiger partial charge in [-0.05, 0) is 18.2 Å². The molecule has 0 spiro atoms. The molecule has 1 heterocycles. The maximum atomic E-state index is 13.3. The Balaban J connectivity index is 2.43. The molecule has 9 heteroatoms. The van der Waals surface area contributed by atoms with E-state index in [2.05, 4.69) is 10.2 Å². The number of hydrogen-bond donors (Lipinski definition) is 2. The fraction of sp³-hybridized carbons (Fsp3) is 0.100. The Labute approximate surface area is 116 Å². The Morgan fingerprint density at radius 3 is 2.84 bits per heavy atom. The van der Waals surface area contributed by atoms with Crippen molar-refractivity contribution in [2.75, 3.05) is 11.5 Å². The van der Waals surface area contributed by atoms with E-state index in [1.54, 1.807) is 0 Å². The first-order valence-corrected chi connectivity index (χ1v) is 6.35. The van der Waals surface area contributed by atoms with Crippen molar-refractivity contribution < 1.29 is 14.3 Å². The van der Waals surface area contributed by atoms with Crippen molar-refractivity contribution in [2.45, 2.75) is 5.16 Å². The van der Waals surface area contributed by atoms with Crippen molar-refractivity contribution in [1.82, 2.24) is 14.8 Å². The van der Waals surface area contributed by atoms with E-state index in [-0.39, 0.29) is 21.9 Å². The minimum absolute atomic E-state index is 0.0227. The summed E-state index contributed by atoms with van der Waals surface area (Å²) >= 11 is 6.69. The number of carboxylic acid groups (broad SMARTS) is 1. The molecular weight excluding hydrogens is 295 g/mol. The number of nitrogens with two attached hydrogens (primary N) is 1. The predicted octanol–water partition coefficient (Wildman–Crippen LogP) is 1.82. The first-order chi connectivity index (χ1) is 8.97. The zero-order chi connectivity index (χ0) is 14.0. The fourth-order valence-corrected chi connectivity index (χ4v) is 2.31. The molecule has 0 unspecified atom stereocenters. The largest absolute Gasteiger partial charge is 0.481 e. The molecule has 100 valence electrons. The maximum Gasteiger partial charge on any atom is 0.313 e. The summed E-state index contributed by atoms with van der Waals surface area (Å²) in [7, 11) is 0. The summed E-state index contributed by atoms with van der Waals surface area (Å²) in [5, 5.41) is 16.5. The van der Waals surface area contributed by atoms with Gasteiger partial charge in [-0.15, -0.1) is 10.2 Å². The number of hydrogen-bond acceptors (Lipinski definition) is 5. The van der Waals surface area contributed by atoms with Crippen LogP contribution in [0, 0.1) is 5.82 Å². The summed E-state index contributed by atoms with van der Waals surface area (Å²) in [5.41, 5.74) is 5.98. The molecule has 0 atom stereocenters. The van der Waals surface area contributed by atoms with E-state index in [0.717, 1.165) is 17.8 Å². The number of halogens is 2. The van der Waals surface area contributed by atoms with Gasteiger partial charge in [0, 0.05) is 5.02 Å². The number of rotatable bonds is 4. The third-order valence-electron chi connectivity index (χ3n) is 2.09. The average molecular weight is 303 g/mol. The molecule has 0 amide bonds. The lowest BCUT2D eigenvalue weighted by Gasteiger charge is -2.07. The fourth-order valence-electron chi connectivity index (χ4n) is 1.41. The molecule has 0 saturated carbocycles. The normalized spacial score (nSPS) is 10.6. The summed E-state index contributed by atoms with van der Waals surface area (Å²) in [6.45, 7) is 0. The number of nitrogens with zero attached hydrogens (tertiary/aromatic N) is 3. The molecule has 0 saturated heterocycles. The SMILES string of the molecule is Nc1nnc(SCC(=O)O)n1-c1cc(F)cc(Cl)c1. The van der Waals surface area contributed by atoms with Gasteiger partial charge in [0.1, 0.15) is 5.82 Å². The van der Waals surface area contributed by atoms with E-state index in [1.165, 1.54) is 16.7 Å². The predicted molar refractivity (Wildman–Crippen MR) is 69.1 cm³/mol. The van der Waals surface area contributed by atoms with Crippen LogP contribution in [0.2, 0.25) is 5.02 Å².